The van der Waals surface area contributed by atoms with Crippen molar-refractivity contribution in [3.05, 3.63) is 0 Å². The van der Waals surface area contributed by atoms with E-state index in [0.29, 0.717) is 13.0 Å². The molecule has 0 saturated carbocycles. The lowest BCUT2D eigenvalue weighted by molar-refractivity contribution is 0.273. The molecule has 0 unspecified atom stereocenters. The third kappa shape index (κ3) is 8.72. The summed E-state index contributed by atoms with van der Waals surface area (Å²) in [7, 11) is 0. The Morgan fingerprint density at radius 1 is 1.36 bits per heavy atom. The molecule has 59 valence electrons. The Bertz CT molecular complexity index is 187. The lowest BCUT2D eigenvalue weighted by atomic mass is 10.3. The van der Waals surface area contributed by atoms with E-state index in [9.17, 15) is 5.11 Å². The van der Waals surface area contributed by atoms with Crippen LogP contribution in [0, 0.1) is 24.1 Å². The van der Waals surface area contributed by atoms with Crippen LogP contribution in [-0.2, 0) is 9.84 Å². The van der Waals surface area contributed by atoms with Crippen molar-refractivity contribution in [3.63, 3.8) is 0 Å². The molecule has 0 aliphatic carbocycles. The van der Waals surface area contributed by atoms with Gasteiger partial charge in [-0.05, 0) is 6.42 Å². The van der Waals surface area contributed by atoms with Crippen LogP contribution in [-0.4, -0.2) is 6.61 Å². The Hall–Kier alpha value is -1.28. The Morgan fingerprint density at radius 2 is 2.18 bits per heavy atom. The summed E-state index contributed by atoms with van der Waals surface area (Å²) in [4.78, 5) is 0. The third-order valence-corrected chi connectivity index (χ3v) is 0.941. The minimum Gasteiger partial charge on any atom is -0.447 e. The molecule has 0 saturated heterocycles. The van der Waals surface area contributed by atoms with Crippen molar-refractivity contribution in [1.82, 2.24) is 0 Å². The molecule has 0 rings (SSSR count). The maximum Gasteiger partial charge on any atom is 0.172 e. The lowest BCUT2D eigenvalue weighted by Crippen LogP contribution is -1.86. The summed E-state index contributed by atoms with van der Waals surface area (Å²) >= 11 is 0. The first-order valence-electron chi connectivity index (χ1n) is 3.61. The van der Waals surface area contributed by atoms with Crippen molar-refractivity contribution in [2.75, 3.05) is 6.61 Å². The van der Waals surface area contributed by atoms with E-state index in [4.69, 9.17) is 4.74 Å². The second-order valence-electron chi connectivity index (χ2n) is 1.86. The van der Waals surface area contributed by atoms with Crippen molar-refractivity contribution in [2.24, 2.45) is 0 Å². The molecule has 0 heterocycles. The predicted molar refractivity (Wildman–Crippen MR) is 41.7 cm³/mol. The van der Waals surface area contributed by atoms with E-state index in [2.05, 4.69) is 17.9 Å². The van der Waals surface area contributed by atoms with Crippen LogP contribution >= 0.6 is 0 Å². The lowest BCUT2D eigenvalue weighted by Gasteiger charge is -1.91. The smallest absolute Gasteiger partial charge is 0.172 e. The van der Waals surface area contributed by atoms with Crippen LogP contribution in [0.2, 0.25) is 0 Å². The normalized spacial score (nSPS) is 7.00. The Balaban J connectivity index is 3.06. The molecular formula is C9H11O2. The van der Waals surface area contributed by atoms with Gasteiger partial charge in [0, 0.05) is 12.8 Å². The van der Waals surface area contributed by atoms with Crippen LogP contribution in [0.25, 0.3) is 0 Å². The summed E-state index contributed by atoms with van der Waals surface area (Å²) in [5.41, 5.74) is 0. The Labute approximate surface area is 67.6 Å². The van der Waals surface area contributed by atoms with Crippen LogP contribution in [0.1, 0.15) is 26.2 Å². The highest BCUT2D eigenvalue weighted by molar-refractivity contribution is 4.90. The topological polar surface area (TPSA) is 29.1 Å². The van der Waals surface area contributed by atoms with Gasteiger partial charge in [-0.3, -0.25) is 0 Å². The quantitative estimate of drug-likeness (QED) is 0.444. The zero-order valence-corrected chi connectivity index (χ0v) is 6.64. The van der Waals surface area contributed by atoms with Gasteiger partial charge in [-0.2, -0.15) is 0 Å². The molecule has 0 aliphatic heterocycles. The first-order chi connectivity index (χ1) is 5.41. The van der Waals surface area contributed by atoms with E-state index in [1.165, 1.54) is 0 Å². The fraction of sp³-hybridized carbons (Fsp3) is 0.556. The number of rotatable bonds is 3. The van der Waals surface area contributed by atoms with Gasteiger partial charge in [0.1, 0.15) is 12.7 Å². The highest BCUT2D eigenvalue weighted by Gasteiger charge is 1.81. The van der Waals surface area contributed by atoms with Gasteiger partial charge in [0.05, 0.1) is 0 Å². The van der Waals surface area contributed by atoms with Gasteiger partial charge in [-0.15, -0.1) is 0 Å². The van der Waals surface area contributed by atoms with Crippen molar-refractivity contribution in [2.45, 2.75) is 26.2 Å². The number of hydrogen-bond donors (Lipinski definition) is 0. The summed E-state index contributed by atoms with van der Waals surface area (Å²) in [6.45, 7) is 2.51. The van der Waals surface area contributed by atoms with Gasteiger partial charge in [0.25, 0.3) is 0 Å². The second kappa shape index (κ2) is 8.72. The third-order valence-electron chi connectivity index (χ3n) is 0.941. The number of ether oxygens (including phenoxy) is 1. The van der Waals surface area contributed by atoms with Crippen LogP contribution in [0.4, 0.5) is 0 Å². The van der Waals surface area contributed by atoms with Gasteiger partial charge in [-0.1, -0.05) is 18.8 Å². The Morgan fingerprint density at radius 3 is 2.82 bits per heavy atom. The van der Waals surface area contributed by atoms with Crippen LogP contribution in [0.5, 0.6) is 0 Å². The molecule has 0 fully saturated rings. The van der Waals surface area contributed by atoms with Gasteiger partial charge in [0.15, 0.2) is 6.11 Å². The molecule has 0 aromatic rings. The first-order valence-corrected chi connectivity index (χ1v) is 3.61. The van der Waals surface area contributed by atoms with Crippen molar-refractivity contribution < 1.29 is 9.84 Å². The minimum absolute atomic E-state index is 0.557. The number of unbranched alkanes of at least 4 members (excludes halogenated alkanes) is 1. The predicted octanol–water partition coefficient (Wildman–Crippen LogP) is 1.55. The van der Waals surface area contributed by atoms with E-state index < -0.39 is 0 Å². The monoisotopic (exact) mass is 151 g/mol. The zero-order valence-electron chi connectivity index (χ0n) is 6.64. The fourth-order valence-electron chi connectivity index (χ4n) is 0.458. The Kier molecular flexibility index (Phi) is 7.71. The first kappa shape index (κ1) is 9.72. The number of hydrogen-bond acceptors (Lipinski definition) is 1. The summed E-state index contributed by atoms with van der Waals surface area (Å²) in [6, 6.07) is 0. The largest absolute Gasteiger partial charge is 0.447 e. The van der Waals surface area contributed by atoms with E-state index in [1.54, 1.807) is 6.11 Å². The molecule has 0 amide bonds. The minimum atomic E-state index is 0.557. The molecule has 11 heavy (non-hydrogen) atoms. The van der Waals surface area contributed by atoms with Crippen LogP contribution in [0.15, 0.2) is 0 Å². The van der Waals surface area contributed by atoms with Crippen molar-refractivity contribution in [1.29, 1.82) is 0 Å². The molecule has 0 spiro atoms. The maximum atomic E-state index is 9.64. The SMILES string of the molecule is CCC#COCCCC#C[O]. The van der Waals surface area contributed by atoms with Gasteiger partial charge in [-0.25, -0.2) is 5.11 Å². The van der Waals surface area contributed by atoms with Crippen LogP contribution < -0.4 is 0 Å². The summed E-state index contributed by atoms with van der Waals surface area (Å²) in [6.07, 6.45) is 6.29. The van der Waals surface area contributed by atoms with E-state index in [-0.39, 0.29) is 0 Å². The second-order valence-corrected chi connectivity index (χ2v) is 1.86. The molecular weight excluding hydrogens is 140 g/mol. The fourth-order valence-corrected chi connectivity index (χ4v) is 0.458. The molecule has 0 aromatic carbocycles. The van der Waals surface area contributed by atoms with E-state index in [0.717, 1.165) is 12.8 Å². The highest BCUT2D eigenvalue weighted by atomic mass is 16.5. The molecule has 0 aromatic heterocycles. The van der Waals surface area contributed by atoms with E-state index >= 15 is 0 Å². The molecule has 0 aliphatic rings. The van der Waals surface area contributed by atoms with E-state index in [1.807, 2.05) is 6.92 Å². The van der Waals surface area contributed by atoms with Gasteiger partial charge in [0.2, 0.25) is 0 Å². The average molecular weight is 151 g/mol. The molecule has 2 heteroatoms. The van der Waals surface area contributed by atoms with Crippen molar-refractivity contribution in [3.8, 4) is 24.1 Å². The van der Waals surface area contributed by atoms with Crippen molar-refractivity contribution >= 4 is 0 Å². The summed E-state index contributed by atoms with van der Waals surface area (Å²) in [5.74, 6) is 5.17. The average Bonchev–Trinajstić information content (AvgIpc) is 2.03. The molecule has 1 radical (unpaired) electrons. The van der Waals surface area contributed by atoms with Gasteiger partial charge >= 0.3 is 0 Å². The summed E-state index contributed by atoms with van der Waals surface area (Å²) < 4.78 is 4.89. The standard InChI is InChI=1S/C9H11O2/c1-2-3-8-11-9-6-4-5-7-10/h2,4,6,9H2,1H3. The molecule has 0 N–H and O–H groups in total. The summed E-state index contributed by atoms with van der Waals surface area (Å²) in [5, 5.41) is 9.64. The highest BCUT2D eigenvalue weighted by Crippen LogP contribution is 1.86. The van der Waals surface area contributed by atoms with Gasteiger partial charge < -0.3 is 4.74 Å². The zero-order chi connectivity index (χ0) is 8.36. The maximum absolute atomic E-state index is 9.64. The van der Waals surface area contributed by atoms with Crippen LogP contribution in [0.3, 0.4) is 0 Å². The molecule has 0 bridgehead atoms. The molecule has 2 nitrogen and oxygen atoms in total. The molecule has 0 atom stereocenters.